The van der Waals surface area contributed by atoms with Crippen LogP contribution in [0.25, 0.3) is 0 Å². The highest BCUT2D eigenvalue weighted by atomic mass is 16.5. The van der Waals surface area contributed by atoms with Gasteiger partial charge in [-0.05, 0) is 54.4 Å². The average molecular weight is 352 g/mol. The van der Waals surface area contributed by atoms with Crippen LogP contribution in [-0.4, -0.2) is 38.3 Å². The number of hydrogen-bond acceptors (Lipinski definition) is 4. The van der Waals surface area contributed by atoms with Gasteiger partial charge in [-0.25, -0.2) is 0 Å². The number of amides is 2. The smallest absolute Gasteiger partial charge is 0.251 e. The van der Waals surface area contributed by atoms with Crippen molar-refractivity contribution in [2.75, 3.05) is 25.1 Å². The minimum Gasteiger partial charge on any atom is -0.497 e. The maximum atomic E-state index is 12.3. The second-order valence-electron chi connectivity index (χ2n) is 6.05. The fourth-order valence-electron chi connectivity index (χ4n) is 2.99. The van der Waals surface area contributed by atoms with E-state index >= 15 is 0 Å². The summed E-state index contributed by atoms with van der Waals surface area (Å²) in [6.45, 7) is 0.912. The van der Waals surface area contributed by atoms with Crippen LogP contribution in [0.15, 0.2) is 42.5 Å². The van der Waals surface area contributed by atoms with E-state index in [0.717, 1.165) is 24.1 Å². The molecule has 0 fully saturated rings. The number of fused-ring (bicyclic) bond motifs is 1. The predicted molar refractivity (Wildman–Crippen MR) is 97.8 cm³/mol. The van der Waals surface area contributed by atoms with Crippen LogP contribution in [-0.2, 0) is 11.2 Å². The first-order chi connectivity index (χ1) is 12.6. The minimum atomic E-state index is -0.226. The van der Waals surface area contributed by atoms with Gasteiger partial charge in [-0.1, -0.05) is 0 Å². The lowest BCUT2D eigenvalue weighted by molar-refractivity contribution is -0.107. The molecule has 0 spiro atoms. The molecule has 1 aliphatic heterocycles. The van der Waals surface area contributed by atoms with E-state index in [2.05, 4.69) is 5.32 Å². The van der Waals surface area contributed by atoms with Crippen molar-refractivity contribution >= 4 is 23.8 Å². The number of ketones is 1. The van der Waals surface area contributed by atoms with Crippen molar-refractivity contribution in [1.29, 1.82) is 0 Å². The van der Waals surface area contributed by atoms with Crippen LogP contribution in [0.1, 0.15) is 32.7 Å². The first kappa shape index (κ1) is 17.7. The molecular weight excluding hydrogens is 332 g/mol. The van der Waals surface area contributed by atoms with Crippen molar-refractivity contribution in [2.24, 2.45) is 0 Å². The van der Waals surface area contributed by atoms with Crippen molar-refractivity contribution in [1.82, 2.24) is 5.32 Å². The molecular formula is C20H20N2O4. The van der Waals surface area contributed by atoms with E-state index in [9.17, 15) is 14.4 Å². The van der Waals surface area contributed by atoms with Gasteiger partial charge in [0.15, 0.2) is 5.78 Å². The second-order valence-corrected chi connectivity index (χ2v) is 6.05. The van der Waals surface area contributed by atoms with E-state index < -0.39 is 0 Å². The molecule has 0 saturated carbocycles. The van der Waals surface area contributed by atoms with Crippen molar-refractivity contribution in [3.05, 3.63) is 59.2 Å². The molecule has 134 valence electrons. The van der Waals surface area contributed by atoms with Crippen LogP contribution in [0.5, 0.6) is 5.75 Å². The lowest BCUT2D eigenvalue weighted by Crippen LogP contribution is -2.26. The largest absolute Gasteiger partial charge is 0.497 e. The molecule has 1 N–H and O–H groups in total. The van der Waals surface area contributed by atoms with Crippen LogP contribution in [0.3, 0.4) is 0 Å². The van der Waals surface area contributed by atoms with E-state index in [4.69, 9.17) is 4.74 Å². The molecule has 0 aromatic heterocycles. The van der Waals surface area contributed by atoms with Crippen molar-refractivity contribution in [3.8, 4) is 5.75 Å². The zero-order valence-electron chi connectivity index (χ0n) is 14.5. The van der Waals surface area contributed by atoms with Gasteiger partial charge < -0.3 is 15.0 Å². The first-order valence-corrected chi connectivity index (χ1v) is 8.42. The number of benzene rings is 2. The maximum Gasteiger partial charge on any atom is 0.251 e. The quantitative estimate of drug-likeness (QED) is 0.612. The van der Waals surface area contributed by atoms with E-state index in [-0.39, 0.29) is 24.7 Å². The Morgan fingerprint density at radius 1 is 1.15 bits per heavy atom. The Kier molecular flexibility index (Phi) is 5.31. The molecule has 0 unspecified atom stereocenters. The van der Waals surface area contributed by atoms with Crippen LogP contribution in [0, 0.1) is 0 Å². The highest BCUT2D eigenvalue weighted by Crippen LogP contribution is 2.27. The number of nitrogens with zero attached hydrogens (tertiary/aromatic N) is 1. The van der Waals surface area contributed by atoms with Crippen molar-refractivity contribution in [3.63, 3.8) is 0 Å². The van der Waals surface area contributed by atoms with Gasteiger partial charge in [-0.2, -0.15) is 0 Å². The Morgan fingerprint density at radius 3 is 2.58 bits per heavy atom. The van der Waals surface area contributed by atoms with Crippen LogP contribution in [0.4, 0.5) is 5.69 Å². The molecule has 2 aromatic rings. The average Bonchev–Trinajstić information content (AvgIpc) is 3.10. The van der Waals surface area contributed by atoms with Crippen molar-refractivity contribution in [2.45, 2.75) is 12.8 Å². The van der Waals surface area contributed by atoms with Gasteiger partial charge in [-0.3, -0.25) is 14.4 Å². The fourth-order valence-corrected chi connectivity index (χ4v) is 2.99. The highest BCUT2D eigenvalue weighted by Gasteiger charge is 2.19. The van der Waals surface area contributed by atoms with E-state index in [1.165, 1.54) is 0 Å². The number of carbonyl (C=O) groups excluding carboxylic acids is 3. The summed E-state index contributed by atoms with van der Waals surface area (Å²) in [5.74, 6) is 0.421. The molecule has 3 rings (SSSR count). The Labute approximate surface area is 151 Å². The van der Waals surface area contributed by atoms with Gasteiger partial charge in [-0.15, -0.1) is 0 Å². The topological polar surface area (TPSA) is 75.7 Å². The zero-order valence-corrected chi connectivity index (χ0v) is 14.5. The maximum absolute atomic E-state index is 12.3. The summed E-state index contributed by atoms with van der Waals surface area (Å²) in [5.41, 5.74) is 2.99. The number of ether oxygens (including phenoxy) is 1. The zero-order chi connectivity index (χ0) is 18.5. The van der Waals surface area contributed by atoms with E-state index in [1.54, 1.807) is 48.4 Å². The van der Waals surface area contributed by atoms with Gasteiger partial charge in [0.1, 0.15) is 5.75 Å². The first-order valence-electron chi connectivity index (χ1n) is 8.42. The highest BCUT2D eigenvalue weighted by molar-refractivity contribution is 5.98. The fraction of sp³-hybridized carbons (Fsp3) is 0.250. The number of anilines is 1. The summed E-state index contributed by atoms with van der Waals surface area (Å²) in [6, 6.07) is 12.2. The van der Waals surface area contributed by atoms with Crippen molar-refractivity contribution < 1.29 is 19.1 Å². The Bertz CT molecular complexity index is 830. The Morgan fingerprint density at radius 2 is 1.88 bits per heavy atom. The van der Waals surface area contributed by atoms with Gasteiger partial charge in [0.05, 0.1) is 7.11 Å². The van der Waals surface area contributed by atoms with Gasteiger partial charge in [0, 0.05) is 36.3 Å². The Balaban J connectivity index is 1.54. The lowest BCUT2D eigenvalue weighted by atomic mass is 10.0. The van der Waals surface area contributed by atoms with Crippen LogP contribution < -0.4 is 15.0 Å². The van der Waals surface area contributed by atoms with Crippen LogP contribution in [0.2, 0.25) is 0 Å². The molecule has 6 nitrogen and oxygen atoms in total. The summed E-state index contributed by atoms with van der Waals surface area (Å²) in [6.07, 6.45) is 1.78. The third kappa shape index (κ3) is 3.74. The third-order valence-corrected chi connectivity index (χ3v) is 4.45. The number of Topliss-reactive ketones (excluding diaryl/α,β-unsaturated/α-hetero) is 1. The summed E-state index contributed by atoms with van der Waals surface area (Å²) >= 11 is 0. The molecule has 2 aromatic carbocycles. The van der Waals surface area contributed by atoms with Gasteiger partial charge >= 0.3 is 0 Å². The SMILES string of the molecule is COc1ccc(C(=O)NCCC(=O)c2ccc3c(c2)CCN3C=O)cc1. The summed E-state index contributed by atoms with van der Waals surface area (Å²) < 4.78 is 5.06. The van der Waals surface area contributed by atoms with Crippen LogP contribution >= 0.6 is 0 Å². The normalized spacial score (nSPS) is 12.4. The Hall–Kier alpha value is -3.15. The molecule has 26 heavy (non-hydrogen) atoms. The molecule has 1 aliphatic rings. The number of nitrogens with one attached hydrogen (secondary N) is 1. The molecule has 0 atom stereocenters. The molecule has 6 heteroatoms. The number of methoxy groups -OCH3 is 1. The van der Waals surface area contributed by atoms with E-state index in [1.807, 2.05) is 6.07 Å². The number of carbonyl (C=O) groups is 3. The molecule has 1 heterocycles. The summed E-state index contributed by atoms with van der Waals surface area (Å²) in [7, 11) is 1.57. The molecule has 0 saturated heterocycles. The molecule has 0 aliphatic carbocycles. The van der Waals surface area contributed by atoms with Gasteiger partial charge in [0.25, 0.3) is 5.91 Å². The second kappa shape index (κ2) is 7.82. The molecule has 2 amide bonds. The monoisotopic (exact) mass is 352 g/mol. The molecule has 0 radical (unpaired) electrons. The summed E-state index contributed by atoms with van der Waals surface area (Å²) in [5, 5.41) is 2.75. The number of hydrogen-bond donors (Lipinski definition) is 1. The third-order valence-electron chi connectivity index (χ3n) is 4.45. The summed E-state index contributed by atoms with van der Waals surface area (Å²) in [4.78, 5) is 37.0. The lowest BCUT2D eigenvalue weighted by Gasteiger charge is -2.10. The minimum absolute atomic E-state index is 0.0348. The van der Waals surface area contributed by atoms with Gasteiger partial charge in [0.2, 0.25) is 6.41 Å². The predicted octanol–water partition coefficient (Wildman–Crippen LogP) is 2.22. The number of rotatable bonds is 7. The molecule has 0 bridgehead atoms. The standard InChI is InChI=1S/C20H20N2O4/c1-26-17-5-2-14(3-6-17)20(25)21-10-8-19(24)16-4-7-18-15(12-16)9-11-22(18)13-23/h2-7,12-13H,8-11H2,1H3,(H,21,25). The van der Waals surface area contributed by atoms with E-state index in [0.29, 0.717) is 23.4 Å².